The lowest BCUT2D eigenvalue weighted by Gasteiger charge is -2.37. The van der Waals surface area contributed by atoms with E-state index in [0.29, 0.717) is 48.7 Å². The first-order valence-electron chi connectivity index (χ1n) is 12.3. The minimum atomic E-state index is -3.96. The molecule has 1 aliphatic carbocycles. The minimum Gasteiger partial charge on any atom is -0.444 e. The predicted octanol–water partition coefficient (Wildman–Crippen LogP) is 4.33. The van der Waals surface area contributed by atoms with Crippen LogP contribution in [0.25, 0.3) is 16.3 Å². The third kappa shape index (κ3) is 5.81. The van der Waals surface area contributed by atoms with E-state index in [1.165, 1.54) is 16.7 Å². The summed E-state index contributed by atoms with van der Waals surface area (Å²) >= 11 is 7.21. The monoisotopic (exact) mass is 603 g/mol. The number of fused-ring (bicyclic) bond motifs is 1. The molecule has 0 aromatic carbocycles. The summed E-state index contributed by atoms with van der Waals surface area (Å²) in [4.78, 5) is 20.4. The van der Waals surface area contributed by atoms with E-state index in [2.05, 4.69) is 19.9 Å². The van der Waals surface area contributed by atoms with E-state index >= 15 is 0 Å². The lowest BCUT2D eigenvalue weighted by atomic mass is 10.2. The SMILES string of the molecule is CC1(NS(=O)(=O)c2cc(N3CCN(C(=O)OC(C)(C)C)CC3)c3c(Cl)nc(-c4nnc(C(F)F)s4)n3c2)CC1. The molecule has 0 bridgehead atoms. The largest absolute Gasteiger partial charge is 0.444 e. The van der Waals surface area contributed by atoms with Crippen LogP contribution >= 0.6 is 22.9 Å². The Morgan fingerprint density at radius 3 is 2.44 bits per heavy atom. The molecule has 1 saturated carbocycles. The van der Waals surface area contributed by atoms with E-state index in [1.807, 2.05) is 11.8 Å². The van der Waals surface area contributed by atoms with Crippen LogP contribution in [0.1, 0.15) is 52.0 Å². The summed E-state index contributed by atoms with van der Waals surface area (Å²) in [6.45, 7) is 8.61. The molecule has 39 heavy (non-hydrogen) atoms. The molecule has 4 heterocycles. The van der Waals surface area contributed by atoms with Gasteiger partial charge in [-0.1, -0.05) is 22.9 Å². The molecule has 11 nitrogen and oxygen atoms in total. The van der Waals surface area contributed by atoms with Crippen molar-refractivity contribution in [3.8, 4) is 10.8 Å². The molecule has 5 rings (SSSR count). The third-order valence-corrected chi connectivity index (χ3v) is 9.22. The molecule has 0 radical (unpaired) electrons. The third-order valence-electron chi connectivity index (χ3n) is 6.43. The van der Waals surface area contributed by atoms with Crippen LogP contribution in [0.15, 0.2) is 17.2 Å². The fourth-order valence-electron chi connectivity index (χ4n) is 4.21. The van der Waals surface area contributed by atoms with Gasteiger partial charge in [0.2, 0.25) is 10.0 Å². The second kappa shape index (κ2) is 9.78. The minimum absolute atomic E-state index is 0.0402. The number of rotatable bonds is 6. The molecule has 1 saturated heterocycles. The number of amides is 1. The first-order chi connectivity index (χ1) is 18.2. The first-order valence-corrected chi connectivity index (χ1v) is 14.9. The van der Waals surface area contributed by atoms with Gasteiger partial charge in [0.05, 0.1) is 5.69 Å². The van der Waals surface area contributed by atoms with Gasteiger partial charge in [-0.05, 0) is 46.6 Å². The van der Waals surface area contributed by atoms with Crippen molar-refractivity contribution < 1.29 is 26.7 Å². The number of anilines is 1. The molecule has 16 heteroatoms. The molecule has 212 valence electrons. The van der Waals surface area contributed by atoms with Crippen molar-refractivity contribution in [3.05, 3.63) is 22.4 Å². The van der Waals surface area contributed by atoms with E-state index in [-0.39, 0.29) is 20.9 Å². The van der Waals surface area contributed by atoms with Crippen molar-refractivity contribution in [2.24, 2.45) is 0 Å². The summed E-state index contributed by atoms with van der Waals surface area (Å²) in [6.07, 6.45) is -0.439. The zero-order valence-corrected chi connectivity index (χ0v) is 24.1. The average molecular weight is 604 g/mol. The highest BCUT2D eigenvalue weighted by molar-refractivity contribution is 7.89. The number of pyridine rings is 1. The molecule has 1 amide bonds. The Labute approximate surface area is 233 Å². The lowest BCUT2D eigenvalue weighted by molar-refractivity contribution is 0.0240. The number of nitrogens with zero attached hydrogens (tertiary/aromatic N) is 6. The Morgan fingerprint density at radius 1 is 1.21 bits per heavy atom. The Balaban J connectivity index is 1.56. The number of hydrogen-bond acceptors (Lipinski definition) is 9. The molecule has 0 unspecified atom stereocenters. The van der Waals surface area contributed by atoms with Gasteiger partial charge in [0.15, 0.2) is 21.0 Å². The van der Waals surface area contributed by atoms with E-state index in [1.54, 1.807) is 25.7 Å². The molecular formula is C23H28ClF2N7O4S2. The number of sulfonamides is 1. The molecule has 1 aliphatic heterocycles. The van der Waals surface area contributed by atoms with Crippen LogP contribution in [-0.4, -0.2) is 76.3 Å². The van der Waals surface area contributed by atoms with Gasteiger partial charge in [-0.15, -0.1) is 10.2 Å². The van der Waals surface area contributed by atoms with Gasteiger partial charge in [-0.2, -0.15) is 0 Å². The number of halogens is 3. The van der Waals surface area contributed by atoms with Gasteiger partial charge in [-0.3, -0.25) is 4.40 Å². The van der Waals surface area contributed by atoms with Crippen LogP contribution in [0.5, 0.6) is 0 Å². The number of imidazole rings is 1. The molecule has 2 fully saturated rings. The number of carbonyl (C=O) groups excluding carboxylic acids is 1. The summed E-state index contributed by atoms with van der Waals surface area (Å²) < 4.78 is 62.9. The first kappa shape index (κ1) is 27.9. The van der Waals surface area contributed by atoms with Gasteiger partial charge >= 0.3 is 6.09 Å². The highest BCUT2D eigenvalue weighted by Gasteiger charge is 2.42. The number of aromatic nitrogens is 4. The van der Waals surface area contributed by atoms with Crippen LogP contribution < -0.4 is 9.62 Å². The molecule has 3 aromatic rings. The van der Waals surface area contributed by atoms with Crippen molar-refractivity contribution in [1.29, 1.82) is 0 Å². The van der Waals surface area contributed by atoms with Crippen LogP contribution in [0.4, 0.5) is 19.3 Å². The van der Waals surface area contributed by atoms with Crippen LogP contribution in [0, 0.1) is 0 Å². The van der Waals surface area contributed by atoms with Gasteiger partial charge in [0, 0.05) is 37.9 Å². The molecule has 2 aliphatic rings. The number of ether oxygens (including phenoxy) is 1. The van der Waals surface area contributed by atoms with Crippen molar-refractivity contribution in [1.82, 2.24) is 29.2 Å². The van der Waals surface area contributed by atoms with E-state index in [0.717, 1.165) is 12.8 Å². The molecular weight excluding hydrogens is 576 g/mol. The van der Waals surface area contributed by atoms with Crippen LogP contribution in [0.3, 0.4) is 0 Å². The predicted molar refractivity (Wildman–Crippen MR) is 142 cm³/mol. The maximum absolute atomic E-state index is 13.4. The smallest absolute Gasteiger partial charge is 0.410 e. The maximum atomic E-state index is 13.4. The number of piperazine rings is 1. The molecule has 1 N–H and O–H groups in total. The fourth-order valence-corrected chi connectivity index (χ4v) is 6.64. The van der Waals surface area contributed by atoms with Crippen LogP contribution in [0.2, 0.25) is 5.15 Å². The van der Waals surface area contributed by atoms with Crippen molar-refractivity contribution in [2.45, 2.75) is 63.0 Å². The van der Waals surface area contributed by atoms with Gasteiger partial charge < -0.3 is 14.5 Å². The van der Waals surface area contributed by atoms with Crippen molar-refractivity contribution in [2.75, 3.05) is 31.1 Å². The lowest BCUT2D eigenvalue weighted by Crippen LogP contribution is -2.50. The van der Waals surface area contributed by atoms with E-state index in [9.17, 15) is 22.0 Å². The Morgan fingerprint density at radius 2 is 1.87 bits per heavy atom. The maximum Gasteiger partial charge on any atom is 0.410 e. The number of nitrogens with one attached hydrogen (secondary N) is 1. The number of alkyl halides is 2. The summed E-state index contributed by atoms with van der Waals surface area (Å²) in [5, 5.41) is 7.01. The fraction of sp³-hybridized carbons (Fsp3) is 0.565. The summed E-state index contributed by atoms with van der Waals surface area (Å²) in [7, 11) is -3.96. The van der Waals surface area contributed by atoms with Crippen molar-refractivity contribution >= 4 is 50.3 Å². The highest BCUT2D eigenvalue weighted by atomic mass is 35.5. The number of carbonyl (C=O) groups is 1. The van der Waals surface area contributed by atoms with Crippen LogP contribution in [-0.2, 0) is 14.8 Å². The van der Waals surface area contributed by atoms with Gasteiger partial charge in [0.25, 0.3) is 6.43 Å². The summed E-state index contributed by atoms with van der Waals surface area (Å²) in [6, 6.07) is 1.52. The second-order valence-corrected chi connectivity index (χ2v) is 13.9. The topological polar surface area (TPSA) is 122 Å². The van der Waals surface area contributed by atoms with E-state index < -0.39 is 38.7 Å². The Kier molecular flexibility index (Phi) is 7.01. The zero-order valence-electron chi connectivity index (χ0n) is 21.7. The second-order valence-electron chi connectivity index (χ2n) is 10.9. The van der Waals surface area contributed by atoms with Crippen molar-refractivity contribution in [3.63, 3.8) is 0 Å². The highest BCUT2D eigenvalue weighted by Crippen LogP contribution is 2.39. The summed E-state index contributed by atoms with van der Waals surface area (Å²) in [5.41, 5.74) is -0.286. The molecule has 0 atom stereocenters. The zero-order chi connectivity index (χ0) is 28.3. The van der Waals surface area contributed by atoms with Gasteiger partial charge in [-0.25, -0.2) is 31.7 Å². The Hall–Kier alpha value is -2.62. The standard InChI is InChI=1S/C23H28ClF2N7O4S2/c1-22(2,3)37-21(34)32-9-7-31(8-10-32)14-11-13(39(35,36)30-23(4)5-6-23)12-33-15(14)16(24)27-18(33)20-29-28-19(38-20)17(25)26/h11-12,17,30H,5-10H2,1-4H3. The Bertz CT molecular complexity index is 1520. The quantitative estimate of drug-likeness (QED) is 0.442. The molecule has 3 aromatic heterocycles. The average Bonchev–Trinajstić information content (AvgIpc) is 3.23. The molecule has 0 spiro atoms. The van der Waals surface area contributed by atoms with E-state index in [4.69, 9.17) is 16.3 Å². The van der Waals surface area contributed by atoms with Gasteiger partial charge in [0.1, 0.15) is 16.0 Å². The number of hydrogen-bond donors (Lipinski definition) is 1. The normalized spacial score (nSPS) is 17.7. The summed E-state index contributed by atoms with van der Waals surface area (Å²) in [5.74, 6) is 0.0997.